The third-order valence-electron chi connectivity index (χ3n) is 2.52. The molecule has 0 aliphatic rings. The lowest BCUT2D eigenvalue weighted by Crippen LogP contribution is -2.23. The van der Waals surface area contributed by atoms with Gasteiger partial charge in [0.05, 0.1) is 11.3 Å². The summed E-state index contributed by atoms with van der Waals surface area (Å²) in [5.74, 6) is 0. The van der Waals surface area contributed by atoms with E-state index < -0.39 is 0 Å². The predicted molar refractivity (Wildman–Crippen MR) is 70.6 cm³/mol. The first-order valence-corrected chi connectivity index (χ1v) is 6.91. The fourth-order valence-electron chi connectivity index (χ4n) is 1.69. The van der Waals surface area contributed by atoms with Crippen LogP contribution in [0.15, 0.2) is 28.3 Å². The highest BCUT2D eigenvalue weighted by Crippen LogP contribution is 2.27. The fraction of sp³-hybridized carbons (Fsp3) is 0.417. The van der Waals surface area contributed by atoms with Gasteiger partial charge < -0.3 is 9.73 Å². The molecule has 0 bridgehead atoms. The molecule has 2 rings (SSSR count). The average molecular weight is 271 g/mol. The zero-order valence-corrected chi connectivity index (χ0v) is 11.2. The number of hydrogen-bond acceptors (Lipinski definition) is 4. The summed E-state index contributed by atoms with van der Waals surface area (Å²) in [5.41, 5.74) is 1.01. The maximum Gasteiger partial charge on any atom is 0.197 e. The molecular weight excluding hydrogens is 256 g/mol. The van der Waals surface area contributed by atoms with Crippen LogP contribution in [0.4, 0.5) is 0 Å². The summed E-state index contributed by atoms with van der Waals surface area (Å²) in [6, 6.07) is 2.09. The lowest BCUT2D eigenvalue weighted by molar-refractivity contribution is 0.512. The van der Waals surface area contributed by atoms with E-state index in [2.05, 4.69) is 17.2 Å². The summed E-state index contributed by atoms with van der Waals surface area (Å²) in [4.78, 5) is 4.31. The van der Waals surface area contributed by atoms with Gasteiger partial charge in [0.2, 0.25) is 0 Å². The maximum absolute atomic E-state index is 6.03. The molecule has 3 nitrogen and oxygen atoms in total. The molecule has 0 aromatic carbocycles. The van der Waals surface area contributed by atoms with E-state index in [0.29, 0.717) is 5.22 Å². The summed E-state index contributed by atoms with van der Waals surface area (Å²) < 4.78 is 5.15. The molecule has 0 saturated heterocycles. The van der Waals surface area contributed by atoms with Crippen LogP contribution in [0, 0.1) is 0 Å². The van der Waals surface area contributed by atoms with Crippen LogP contribution < -0.4 is 5.32 Å². The Kier molecular flexibility index (Phi) is 4.59. The highest BCUT2D eigenvalue weighted by atomic mass is 35.5. The minimum Gasteiger partial charge on any atom is -0.453 e. The van der Waals surface area contributed by atoms with Crippen molar-refractivity contribution in [1.82, 2.24) is 10.3 Å². The van der Waals surface area contributed by atoms with Gasteiger partial charge in [0.25, 0.3) is 0 Å². The lowest BCUT2D eigenvalue weighted by atomic mass is 10.1. The maximum atomic E-state index is 6.03. The molecular formula is C12H15ClN2OS. The van der Waals surface area contributed by atoms with Crippen LogP contribution in [0.1, 0.15) is 30.0 Å². The Labute approximate surface area is 110 Å². The zero-order valence-electron chi connectivity index (χ0n) is 9.65. The second kappa shape index (κ2) is 6.19. The highest BCUT2D eigenvalue weighted by molar-refractivity contribution is 7.09. The van der Waals surface area contributed by atoms with Gasteiger partial charge in [0.1, 0.15) is 0 Å². The molecule has 2 heterocycles. The second-order valence-corrected chi connectivity index (χ2v) is 5.11. The minimum absolute atomic E-state index is 0.173. The molecule has 1 atom stereocenters. The van der Waals surface area contributed by atoms with Crippen molar-refractivity contribution in [2.24, 2.45) is 0 Å². The quantitative estimate of drug-likeness (QED) is 0.870. The molecule has 0 fully saturated rings. The van der Waals surface area contributed by atoms with Crippen LogP contribution in [-0.2, 0) is 6.42 Å². The highest BCUT2D eigenvalue weighted by Gasteiger charge is 2.17. The Balaban J connectivity index is 2.11. The molecule has 2 aromatic rings. The molecule has 0 radical (unpaired) electrons. The van der Waals surface area contributed by atoms with E-state index in [9.17, 15) is 0 Å². The number of hydrogen-bond donors (Lipinski definition) is 1. The van der Waals surface area contributed by atoms with Gasteiger partial charge in [-0.05, 0) is 30.6 Å². The van der Waals surface area contributed by atoms with E-state index in [4.69, 9.17) is 16.0 Å². The first-order valence-electron chi connectivity index (χ1n) is 5.66. The first-order chi connectivity index (χ1) is 8.31. The van der Waals surface area contributed by atoms with Crippen molar-refractivity contribution in [3.05, 3.63) is 39.7 Å². The molecule has 5 heteroatoms. The van der Waals surface area contributed by atoms with Crippen LogP contribution in [-0.4, -0.2) is 11.5 Å². The number of furan rings is 1. The van der Waals surface area contributed by atoms with Gasteiger partial charge in [-0.3, -0.25) is 0 Å². The van der Waals surface area contributed by atoms with Crippen LogP contribution >= 0.6 is 22.9 Å². The fourth-order valence-corrected chi connectivity index (χ4v) is 2.60. The molecule has 1 N–H and O–H groups in total. The van der Waals surface area contributed by atoms with Crippen molar-refractivity contribution in [3.63, 3.8) is 0 Å². The standard InChI is InChI=1S/C12H15ClN2OS/c1-2-4-14-10(8-11-15-5-7-17-11)9-3-6-16-12(9)13/h3,5-7,10,14H,2,4,8H2,1H3. The molecule has 0 spiro atoms. The van der Waals surface area contributed by atoms with E-state index in [-0.39, 0.29) is 6.04 Å². The number of rotatable bonds is 6. The summed E-state index contributed by atoms with van der Waals surface area (Å²) in [7, 11) is 0. The van der Waals surface area contributed by atoms with Crippen molar-refractivity contribution >= 4 is 22.9 Å². The van der Waals surface area contributed by atoms with Crippen LogP contribution in [0.25, 0.3) is 0 Å². The van der Waals surface area contributed by atoms with Gasteiger partial charge in [-0.15, -0.1) is 11.3 Å². The Morgan fingerprint density at radius 2 is 2.47 bits per heavy atom. The minimum atomic E-state index is 0.173. The molecule has 2 aromatic heterocycles. The Morgan fingerprint density at radius 3 is 3.06 bits per heavy atom. The zero-order chi connectivity index (χ0) is 12.1. The third-order valence-corrected chi connectivity index (χ3v) is 3.63. The monoisotopic (exact) mass is 270 g/mol. The summed E-state index contributed by atoms with van der Waals surface area (Å²) in [5, 5.41) is 7.04. The van der Waals surface area contributed by atoms with Gasteiger partial charge >= 0.3 is 0 Å². The van der Waals surface area contributed by atoms with Crippen molar-refractivity contribution in [2.45, 2.75) is 25.8 Å². The number of halogens is 1. The Bertz CT molecular complexity index is 441. The third kappa shape index (κ3) is 3.31. The average Bonchev–Trinajstić information content (AvgIpc) is 2.95. The molecule has 17 heavy (non-hydrogen) atoms. The summed E-state index contributed by atoms with van der Waals surface area (Å²) in [6.07, 6.45) is 5.38. The van der Waals surface area contributed by atoms with E-state index in [1.165, 1.54) is 0 Å². The van der Waals surface area contributed by atoms with Gasteiger partial charge in [-0.1, -0.05) is 6.92 Å². The topological polar surface area (TPSA) is 38.1 Å². The van der Waals surface area contributed by atoms with Crippen molar-refractivity contribution in [1.29, 1.82) is 0 Å². The number of aromatic nitrogens is 1. The van der Waals surface area contributed by atoms with E-state index >= 15 is 0 Å². The molecule has 1 unspecified atom stereocenters. The number of nitrogens with one attached hydrogen (secondary N) is 1. The molecule has 0 aliphatic heterocycles. The van der Waals surface area contributed by atoms with Crippen molar-refractivity contribution in [2.75, 3.05) is 6.54 Å². The smallest absolute Gasteiger partial charge is 0.197 e. The van der Waals surface area contributed by atoms with Crippen LogP contribution in [0.5, 0.6) is 0 Å². The lowest BCUT2D eigenvalue weighted by Gasteiger charge is -2.16. The number of thiazole rings is 1. The Morgan fingerprint density at radius 1 is 1.59 bits per heavy atom. The van der Waals surface area contributed by atoms with Gasteiger partial charge in [-0.2, -0.15) is 0 Å². The SMILES string of the molecule is CCCNC(Cc1nccs1)c1ccoc1Cl. The normalized spacial score (nSPS) is 12.8. The molecule has 0 aliphatic carbocycles. The predicted octanol–water partition coefficient (Wildman–Crippen LogP) is 3.67. The van der Waals surface area contributed by atoms with Gasteiger partial charge in [0.15, 0.2) is 5.22 Å². The molecule has 0 saturated carbocycles. The van der Waals surface area contributed by atoms with E-state index in [1.54, 1.807) is 17.6 Å². The molecule has 92 valence electrons. The van der Waals surface area contributed by atoms with Gasteiger partial charge in [-0.25, -0.2) is 4.98 Å². The van der Waals surface area contributed by atoms with E-state index in [0.717, 1.165) is 30.0 Å². The van der Waals surface area contributed by atoms with Crippen molar-refractivity contribution < 1.29 is 4.42 Å². The van der Waals surface area contributed by atoms with Crippen LogP contribution in [0.3, 0.4) is 0 Å². The first kappa shape index (κ1) is 12.6. The number of nitrogens with zero attached hydrogens (tertiary/aromatic N) is 1. The van der Waals surface area contributed by atoms with E-state index in [1.807, 2.05) is 17.6 Å². The molecule has 0 amide bonds. The second-order valence-electron chi connectivity index (χ2n) is 3.79. The van der Waals surface area contributed by atoms with Crippen molar-refractivity contribution in [3.8, 4) is 0 Å². The Hall–Kier alpha value is -0.840. The van der Waals surface area contributed by atoms with Crippen LogP contribution in [0.2, 0.25) is 5.22 Å². The summed E-state index contributed by atoms with van der Waals surface area (Å²) >= 11 is 7.69. The largest absolute Gasteiger partial charge is 0.453 e. The summed E-state index contributed by atoms with van der Waals surface area (Å²) in [6.45, 7) is 3.10. The van der Waals surface area contributed by atoms with Gasteiger partial charge in [0, 0.05) is 29.6 Å².